The number of rotatable bonds is 8. The van der Waals surface area contributed by atoms with Crippen molar-refractivity contribution in [3.63, 3.8) is 0 Å². The Hall–Kier alpha value is -2.54. The molecule has 0 aliphatic carbocycles. The van der Waals surface area contributed by atoms with Crippen molar-refractivity contribution in [2.24, 2.45) is 0 Å². The molecule has 25 heavy (non-hydrogen) atoms. The van der Waals surface area contributed by atoms with Crippen LogP contribution in [0.2, 0.25) is 0 Å². The maximum Gasteiger partial charge on any atom is 0.241 e. The predicted octanol–water partition coefficient (Wildman–Crippen LogP) is 2.17. The molecule has 2 aromatic carbocycles. The van der Waals surface area contributed by atoms with Gasteiger partial charge in [-0.05, 0) is 36.8 Å². The van der Waals surface area contributed by atoms with Crippen molar-refractivity contribution >= 4 is 21.6 Å². The average Bonchev–Trinajstić information content (AvgIpc) is 2.65. The van der Waals surface area contributed by atoms with Gasteiger partial charge in [-0.15, -0.1) is 0 Å². The number of nitrogens with zero attached hydrogens (tertiary/aromatic N) is 1. The number of sulfonamides is 1. The topological polar surface area (TPSA) is 75.7 Å². The van der Waals surface area contributed by atoms with E-state index >= 15 is 0 Å². The van der Waals surface area contributed by atoms with Crippen LogP contribution in [0.4, 0.5) is 5.69 Å². The van der Waals surface area contributed by atoms with Crippen LogP contribution in [0.15, 0.2) is 54.6 Å². The highest BCUT2D eigenvalue weighted by molar-refractivity contribution is 7.92. The van der Waals surface area contributed by atoms with E-state index in [4.69, 9.17) is 4.74 Å². The molecule has 1 amide bonds. The minimum atomic E-state index is -3.58. The van der Waals surface area contributed by atoms with Gasteiger partial charge < -0.3 is 10.1 Å². The second kappa shape index (κ2) is 8.53. The van der Waals surface area contributed by atoms with Gasteiger partial charge in [-0.1, -0.05) is 30.3 Å². The van der Waals surface area contributed by atoms with E-state index in [9.17, 15) is 13.2 Å². The molecule has 2 aromatic rings. The lowest BCUT2D eigenvalue weighted by Gasteiger charge is -2.23. The van der Waals surface area contributed by atoms with Gasteiger partial charge in [-0.3, -0.25) is 9.10 Å². The van der Waals surface area contributed by atoms with Gasteiger partial charge in [-0.2, -0.15) is 0 Å². The van der Waals surface area contributed by atoms with E-state index in [0.717, 1.165) is 9.87 Å². The number of carbonyl (C=O) groups is 1. The van der Waals surface area contributed by atoms with E-state index in [0.29, 0.717) is 18.0 Å². The van der Waals surface area contributed by atoms with Gasteiger partial charge >= 0.3 is 0 Å². The van der Waals surface area contributed by atoms with Crippen LogP contribution < -0.4 is 14.4 Å². The van der Waals surface area contributed by atoms with Crippen LogP contribution in [0.1, 0.15) is 12.5 Å². The molecular weight excluding hydrogens is 340 g/mol. The first kappa shape index (κ1) is 18.8. The first-order valence-electron chi connectivity index (χ1n) is 7.91. The van der Waals surface area contributed by atoms with Gasteiger partial charge in [0.05, 0.1) is 18.6 Å². The summed E-state index contributed by atoms with van der Waals surface area (Å²) in [6, 6.07) is 16.0. The van der Waals surface area contributed by atoms with Crippen LogP contribution in [-0.2, 0) is 21.4 Å². The van der Waals surface area contributed by atoms with Crippen molar-refractivity contribution in [2.75, 3.05) is 23.7 Å². The number of amides is 1. The zero-order valence-corrected chi connectivity index (χ0v) is 15.1. The van der Waals surface area contributed by atoms with Gasteiger partial charge in [0.1, 0.15) is 12.3 Å². The third-order valence-corrected chi connectivity index (χ3v) is 5.42. The number of carbonyl (C=O) groups excluding carboxylic acids is 1. The van der Waals surface area contributed by atoms with E-state index in [2.05, 4.69) is 5.32 Å². The summed E-state index contributed by atoms with van der Waals surface area (Å²) < 4.78 is 31.0. The van der Waals surface area contributed by atoms with Crippen LogP contribution >= 0.6 is 0 Å². The monoisotopic (exact) mass is 362 g/mol. The molecular formula is C18H22N2O4S. The fourth-order valence-corrected chi connectivity index (χ4v) is 3.31. The Morgan fingerprint density at radius 2 is 1.72 bits per heavy atom. The number of methoxy groups -OCH3 is 1. The second-order valence-electron chi connectivity index (χ2n) is 5.37. The highest BCUT2D eigenvalue weighted by Crippen LogP contribution is 2.22. The van der Waals surface area contributed by atoms with Crippen molar-refractivity contribution in [2.45, 2.75) is 13.5 Å². The summed E-state index contributed by atoms with van der Waals surface area (Å²) in [6.45, 7) is 1.63. The molecule has 0 aliphatic rings. The van der Waals surface area contributed by atoms with Crippen molar-refractivity contribution in [3.8, 4) is 5.75 Å². The number of hydrogen-bond donors (Lipinski definition) is 1. The average molecular weight is 362 g/mol. The van der Waals surface area contributed by atoms with Gasteiger partial charge in [0.25, 0.3) is 0 Å². The van der Waals surface area contributed by atoms with Crippen molar-refractivity contribution in [3.05, 3.63) is 60.2 Å². The molecule has 0 fully saturated rings. The van der Waals surface area contributed by atoms with E-state index in [1.54, 1.807) is 31.2 Å². The van der Waals surface area contributed by atoms with Gasteiger partial charge in [0.2, 0.25) is 15.9 Å². The molecule has 0 radical (unpaired) electrons. The molecule has 134 valence electrons. The van der Waals surface area contributed by atoms with E-state index in [-0.39, 0.29) is 18.2 Å². The minimum Gasteiger partial charge on any atom is -0.497 e. The molecule has 0 aromatic heterocycles. The number of ether oxygens (including phenoxy) is 1. The third-order valence-electron chi connectivity index (χ3n) is 3.68. The van der Waals surface area contributed by atoms with Gasteiger partial charge in [-0.25, -0.2) is 8.42 Å². The normalized spacial score (nSPS) is 11.0. The Morgan fingerprint density at radius 3 is 2.28 bits per heavy atom. The summed E-state index contributed by atoms with van der Waals surface area (Å²) in [5.74, 6) is 0.160. The van der Waals surface area contributed by atoms with Crippen molar-refractivity contribution in [1.82, 2.24) is 5.32 Å². The quantitative estimate of drug-likeness (QED) is 0.781. The second-order valence-corrected chi connectivity index (χ2v) is 7.55. The third kappa shape index (κ3) is 5.22. The fourth-order valence-electron chi connectivity index (χ4n) is 2.24. The van der Waals surface area contributed by atoms with Crippen LogP contribution in [-0.4, -0.2) is 33.7 Å². The molecule has 1 N–H and O–H groups in total. The molecule has 6 nitrogen and oxygen atoms in total. The maximum atomic E-state index is 12.4. The van der Waals surface area contributed by atoms with Gasteiger partial charge in [0.15, 0.2) is 0 Å². The zero-order chi connectivity index (χ0) is 18.3. The smallest absolute Gasteiger partial charge is 0.241 e. The molecule has 0 spiro atoms. The molecule has 7 heteroatoms. The lowest BCUT2D eigenvalue weighted by molar-refractivity contribution is -0.119. The number of hydrogen-bond acceptors (Lipinski definition) is 4. The summed E-state index contributed by atoms with van der Waals surface area (Å²) >= 11 is 0. The summed E-state index contributed by atoms with van der Waals surface area (Å²) in [5.41, 5.74) is 1.38. The molecule has 0 atom stereocenters. The largest absolute Gasteiger partial charge is 0.497 e. The highest BCUT2D eigenvalue weighted by Gasteiger charge is 2.23. The van der Waals surface area contributed by atoms with Crippen LogP contribution in [0.3, 0.4) is 0 Å². The van der Waals surface area contributed by atoms with Crippen molar-refractivity contribution < 1.29 is 17.9 Å². The fraction of sp³-hybridized carbons (Fsp3) is 0.278. The Balaban J connectivity index is 2.11. The molecule has 0 saturated heterocycles. The summed E-state index contributed by atoms with van der Waals surface area (Å²) in [6.07, 6.45) is 0. The summed E-state index contributed by atoms with van der Waals surface area (Å²) in [5, 5.41) is 2.75. The summed E-state index contributed by atoms with van der Waals surface area (Å²) in [7, 11) is -2.04. The Labute approximate surface area is 148 Å². The lowest BCUT2D eigenvalue weighted by atomic mass is 10.2. The number of anilines is 1. The van der Waals surface area contributed by atoms with Crippen LogP contribution in [0, 0.1) is 0 Å². The first-order chi connectivity index (χ1) is 12.0. The lowest BCUT2D eigenvalue weighted by Crippen LogP contribution is -2.41. The zero-order valence-electron chi connectivity index (χ0n) is 14.3. The van der Waals surface area contributed by atoms with E-state index < -0.39 is 10.0 Å². The van der Waals surface area contributed by atoms with Crippen LogP contribution in [0.5, 0.6) is 5.75 Å². The highest BCUT2D eigenvalue weighted by atomic mass is 32.2. The molecule has 0 aliphatic heterocycles. The van der Waals surface area contributed by atoms with E-state index in [1.165, 1.54) is 7.11 Å². The summed E-state index contributed by atoms with van der Waals surface area (Å²) in [4.78, 5) is 12.2. The Kier molecular flexibility index (Phi) is 6.41. The minimum absolute atomic E-state index is 0.0923. The molecule has 0 unspecified atom stereocenters. The number of benzene rings is 2. The molecule has 0 saturated carbocycles. The first-order valence-corrected chi connectivity index (χ1v) is 9.52. The SMILES string of the molecule is CCS(=O)(=O)N(CC(=O)NCc1ccccc1)c1ccc(OC)cc1. The van der Waals surface area contributed by atoms with Crippen LogP contribution in [0.25, 0.3) is 0 Å². The maximum absolute atomic E-state index is 12.4. The molecule has 0 heterocycles. The Morgan fingerprint density at radius 1 is 1.08 bits per heavy atom. The Bertz CT molecular complexity index is 790. The molecule has 2 rings (SSSR count). The van der Waals surface area contributed by atoms with Gasteiger partial charge in [0, 0.05) is 6.54 Å². The number of nitrogens with one attached hydrogen (secondary N) is 1. The standard InChI is InChI=1S/C18H22N2O4S/c1-3-25(22,23)20(16-9-11-17(24-2)12-10-16)14-18(21)19-13-15-7-5-4-6-8-15/h4-12H,3,13-14H2,1-2H3,(H,19,21). The van der Waals surface area contributed by atoms with Crippen molar-refractivity contribution in [1.29, 1.82) is 0 Å². The van der Waals surface area contributed by atoms with E-state index in [1.807, 2.05) is 30.3 Å². The molecule has 0 bridgehead atoms. The predicted molar refractivity (Wildman–Crippen MR) is 98.1 cm³/mol.